The molecule has 2 N–H and O–H groups in total. The molecular formula is C29H41ClN4O3. The number of carboxylic acid groups (broad SMARTS) is 1. The Morgan fingerprint density at radius 1 is 1.24 bits per heavy atom. The van der Waals surface area contributed by atoms with E-state index in [0.29, 0.717) is 46.3 Å². The lowest BCUT2D eigenvalue weighted by Crippen LogP contribution is -2.33. The minimum absolute atomic E-state index is 0.0179. The third kappa shape index (κ3) is 6.73. The normalized spacial score (nSPS) is 20.5. The number of aromatic nitrogens is 3. The zero-order chi connectivity index (χ0) is 26.9. The van der Waals surface area contributed by atoms with Crippen LogP contribution in [-0.4, -0.2) is 32.0 Å². The SMILES string of the molecule is Cc1ccc(NC(=O)C[C@H](CCC(=O)O)c2nnn(C3CC(CC(C)(C)C(C)C)C3)c2C2CC2)c(Cl)c1. The highest BCUT2D eigenvalue weighted by molar-refractivity contribution is 6.33. The summed E-state index contributed by atoms with van der Waals surface area (Å²) in [6.07, 6.45) is 6.07. The molecule has 7 nitrogen and oxygen atoms in total. The van der Waals surface area contributed by atoms with Gasteiger partial charge in [-0.15, -0.1) is 5.10 Å². The highest BCUT2D eigenvalue weighted by atomic mass is 35.5. The molecule has 1 amide bonds. The number of hydrogen-bond acceptors (Lipinski definition) is 4. The van der Waals surface area contributed by atoms with Crippen LogP contribution in [0.4, 0.5) is 5.69 Å². The Morgan fingerprint density at radius 3 is 2.54 bits per heavy atom. The average molecular weight is 529 g/mol. The van der Waals surface area contributed by atoms with Gasteiger partial charge in [0, 0.05) is 24.7 Å². The second-order valence-electron chi connectivity index (χ2n) is 12.3. The number of aliphatic carboxylic acids is 1. The topological polar surface area (TPSA) is 97.1 Å². The van der Waals surface area contributed by atoms with Crippen LogP contribution in [0.25, 0.3) is 0 Å². The summed E-state index contributed by atoms with van der Waals surface area (Å²) in [7, 11) is 0. The molecule has 0 radical (unpaired) electrons. The van der Waals surface area contributed by atoms with Crippen molar-refractivity contribution in [1.29, 1.82) is 0 Å². The lowest BCUT2D eigenvalue weighted by atomic mass is 9.67. The fraction of sp³-hybridized carbons (Fsp3) is 0.655. The number of carboxylic acids is 1. The summed E-state index contributed by atoms with van der Waals surface area (Å²) in [5.41, 5.74) is 3.82. The maximum absolute atomic E-state index is 13.0. The van der Waals surface area contributed by atoms with E-state index in [-0.39, 0.29) is 24.7 Å². The van der Waals surface area contributed by atoms with E-state index in [1.165, 1.54) is 6.42 Å². The monoisotopic (exact) mass is 528 g/mol. The fourth-order valence-corrected chi connectivity index (χ4v) is 5.74. The maximum Gasteiger partial charge on any atom is 0.303 e. The summed E-state index contributed by atoms with van der Waals surface area (Å²) in [6.45, 7) is 11.3. The molecule has 0 aliphatic heterocycles. The van der Waals surface area contributed by atoms with Crippen LogP contribution in [0.2, 0.25) is 5.02 Å². The highest BCUT2D eigenvalue weighted by Gasteiger charge is 2.41. The number of carbonyl (C=O) groups excluding carboxylic acids is 1. The van der Waals surface area contributed by atoms with Crippen molar-refractivity contribution in [3.63, 3.8) is 0 Å². The molecule has 2 fully saturated rings. The molecule has 4 rings (SSSR count). The molecule has 0 spiro atoms. The quantitative estimate of drug-likeness (QED) is 0.305. The number of rotatable bonds is 12. The van der Waals surface area contributed by atoms with Crippen LogP contribution in [-0.2, 0) is 9.59 Å². The van der Waals surface area contributed by atoms with Crippen LogP contribution in [0.1, 0.15) is 114 Å². The van der Waals surface area contributed by atoms with Crippen molar-refractivity contribution >= 4 is 29.2 Å². The Kier molecular flexibility index (Phi) is 8.32. The molecule has 1 aromatic heterocycles. The molecular weight excluding hydrogens is 488 g/mol. The van der Waals surface area contributed by atoms with E-state index < -0.39 is 5.97 Å². The van der Waals surface area contributed by atoms with E-state index in [2.05, 4.69) is 48.0 Å². The Bertz CT molecular complexity index is 1130. The molecule has 8 heteroatoms. The summed E-state index contributed by atoms with van der Waals surface area (Å²) >= 11 is 6.32. The Hall–Kier alpha value is -2.41. The minimum Gasteiger partial charge on any atom is -0.481 e. The number of carbonyl (C=O) groups is 2. The van der Waals surface area contributed by atoms with Crippen LogP contribution >= 0.6 is 11.6 Å². The number of hydrogen-bond donors (Lipinski definition) is 2. The largest absolute Gasteiger partial charge is 0.481 e. The number of aryl methyl sites for hydroxylation is 1. The van der Waals surface area contributed by atoms with Gasteiger partial charge in [0.05, 0.1) is 28.1 Å². The van der Waals surface area contributed by atoms with Crippen LogP contribution < -0.4 is 5.32 Å². The first-order chi connectivity index (χ1) is 17.4. The number of nitrogens with one attached hydrogen (secondary N) is 1. The Balaban J connectivity index is 1.50. The number of amides is 1. The molecule has 0 saturated heterocycles. The predicted octanol–water partition coefficient (Wildman–Crippen LogP) is 7.12. The number of halogens is 1. The van der Waals surface area contributed by atoms with Crippen LogP contribution in [0.15, 0.2) is 18.2 Å². The zero-order valence-corrected chi connectivity index (χ0v) is 23.5. The van der Waals surface area contributed by atoms with E-state index in [1.807, 2.05) is 19.1 Å². The number of nitrogens with zero attached hydrogens (tertiary/aromatic N) is 3. The van der Waals surface area contributed by atoms with Crippen molar-refractivity contribution < 1.29 is 14.7 Å². The van der Waals surface area contributed by atoms with Gasteiger partial charge in [-0.05, 0) is 80.4 Å². The average Bonchev–Trinajstić information content (AvgIpc) is 3.53. The van der Waals surface area contributed by atoms with E-state index in [4.69, 9.17) is 11.6 Å². The van der Waals surface area contributed by atoms with Crippen molar-refractivity contribution in [3.8, 4) is 0 Å². The summed E-state index contributed by atoms with van der Waals surface area (Å²) in [5, 5.41) is 21.9. The standard InChI is InChI=1S/C29H41ClN4O3/c1-17(2)29(4,5)16-19-13-22(14-19)34-28(20-7-8-20)27(32-33-34)21(9-11-26(36)37)15-25(35)31-24-10-6-18(3)12-23(24)30/h6,10,12,17,19-22H,7-9,11,13-16H2,1-5H3,(H,31,35)(H,36,37)/t19?,21-,22?/m0/s1. The van der Waals surface area contributed by atoms with Gasteiger partial charge >= 0.3 is 5.97 Å². The smallest absolute Gasteiger partial charge is 0.303 e. The molecule has 1 aromatic carbocycles. The van der Waals surface area contributed by atoms with Crippen molar-refractivity contribution in [2.45, 2.75) is 104 Å². The van der Waals surface area contributed by atoms with Gasteiger partial charge in [-0.2, -0.15) is 0 Å². The van der Waals surface area contributed by atoms with Gasteiger partial charge in [-0.25, -0.2) is 4.68 Å². The second-order valence-corrected chi connectivity index (χ2v) is 12.7. The van der Waals surface area contributed by atoms with Gasteiger partial charge in [-0.1, -0.05) is 50.6 Å². The van der Waals surface area contributed by atoms with Crippen LogP contribution in [0.5, 0.6) is 0 Å². The molecule has 2 aliphatic rings. The van der Waals surface area contributed by atoms with Crippen molar-refractivity contribution in [2.24, 2.45) is 17.3 Å². The third-order valence-corrected chi connectivity index (χ3v) is 8.89. The fourth-order valence-electron chi connectivity index (χ4n) is 5.45. The van der Waals surface area contributed by atoms with Gasteiger partial charge in [-0.3, -0.25) is 9.59 Å². The van der Waals surface area contributed by atoms with Gasteiger partial charge in [0.2, 0.25) is 5.91 Å². The van der Waals surface area contributed by atoms with Crippen molar-refractivity contribution in [2.75, 3.05) is 5.32 Å². The van der Waals surface area contributed by atoms with Gasteiger partial charge in [0.1, 0.15) is 0 Å². The lowest BCUT2D eigenvalue weighted by Gasteiger charge is -2.42. The predicted molar refractivity (Wildman–Crippen MR) is 146 cm³/mol. The van der Waals surface area contributed by atoms with Crippen molar-refractivity contribution in [1.82, 2.24) is 15.0 Å². The highest BCUT2D eigenvalue weighted by Crippen LogP contribution is 2.50. The summed E-state index contributed by atoms with van der Waals surface area (Å²) in [4.78, 5) is 24.5. The Labute approximate surface area is 225 Å². The molecule has 2 saturated carbocycles. The summed E-state index contributed by atoms with van der Waals surface area (Å²) in [5.74, 6) is 0.356. The maximum atomic E-state index is 13.0. The molecule has 1 heterocycles. The first-order valence-corrected chi connectivity index (χ1v) is 14.0. The van der Waals surface area contributed by atoms with E-state index >= 15 is 0 Å². The molecule has 0 unspecified atom stereocenters. The number of anilines is 1. The minimum atomic E-state index is -0.873. The molecule has 2 aliphatic carbocycles. The molecule has 37 heavy (non-hydrogen) atoms. The van der Waals surface area contributed by atoms with E-state index in [9.17, 15) is 14.7 Å². The number of benzene rings is 1. The van der Waals surface area contributed by atoms with Crippen LogP contribution in [0, 0.1) is 24.2 Å². The second kappa shape index (κ2) is 11.1. The Morgan fingerprint density at radius 2 is 1.95 bits per heavy atom. The summed E-state index contributed by atoms with van der Waals surface area (Å²) < 4.78 is 2.12. The molecule has 202 valence electrons. The first-order valence-electron chi connectivity index (χ1n) is 13.7. The van der Waals surface area contributed by atoms with Gasteiger partial charge < -0.3 is 10.4 Å². The van der Waals surface area contributed by atoms with Crippen LogP contribution in [0.3, 0.4) is 0 Å². The molecule has 1 atom stereocenters. The lowest BCUT2D eigenvalue weighted by molar-refractivity contribution is -0.137. The molecule has 2 aromatic rings. The van der Waals surface area contributed by atoms with E-state index in [1.54, 1.807) is 6.07 Å². The zero-order valence-electron chi connectivity index (χ0n) is 22.8. The van der Waals surface area contributed by atoms with Gasteiger partial charge in [0.25, 0.3) is 0 Å². The third-order valence-electron chi connectivity index (χ3n) is 8.58. The molecule has 0 bridgehead atoms. The van der Waals surface area contributed by atoms with Crippen molar-refractivity contribution in [3.05, 3.63) is 40.2 Å². The first kappa shape index (κ1) is 27.6. The van der Waals surface area contributed by atoms with E-state index in [0.717, 1.165) is 42.6 Å². The summed E-state index contributed by atoms with van der Waals surface area (Å²) in [6, 6.07) is 5.84. The van der Waals surface area contributed by atoms with Gasteiger partial charge in [0.15, 0.2) is 0 Å².